The molecule has 0 aliphatic carbocycles. The molecule has 154 valence electrons. The molecule has 0 saturated carbocycles. The maximum Gasteiger partial charge on any atom is 0.230 e. The SMILES string of the molecule is CCc1ccc(N2CCC(C(=O)N3Cc4cccn4Cc4ccccc43)CC2)cc1. The smallest absolute Gasteiger partial charge is 0.230 e. The van der Waals surface area contributed by atoms with Crippen molar-refractivity contribution >= 4 is 17.3 Å². The van der Waals surface area contributed by atoms with Crippen molar-refractivity contribution in [1.29, 1.82) is 0 Å². The van der Waals surface area contributed by atoms with Crippen LogP contribution in [-0.4, -0.2) is 23.6 Å². The van der Waals surface area contributed by atoms with Gasteiger partial charge in [-0.1, -0.05) is 37.3 Å². The number of carbonyl (C=O) groups is 1. The van der Waals surface area contributed by atoms with Gasteiger partial charge in [0.25, 0.3) is 0 Å². The highest BCUT2D eigenvalue weighted by atomic mass is 16.2. The largest absolute Gasteiger partial charge is 0.371 e. The Bertz CT molecular complexity index is 1030. The van der Waals surface area contributed by atoms with Crippen molar-refractivity contribution in [2.24, 2.45) is 5.92 Å². The molecule has 0 radical (unpaired) electrons. The number of aryl methyl sites for hydroxylation is 1. The number of rotatable bonds is 3. The molecule has 4 heteroatoms. The maximum absolute atomic E-state index is 13.6. The predicted octanol–water partition coefficient (Wildman–Crippen LogP) is 4.86. The average Bonchev–Trinajstić information content (AvgIpc) is 3.18. The van der Waals surface area contributed by atoms with Gasteiger partial charge < -0.3 is 14.4 Å². The summed E-state index contributed by atoms with van der Waals surface area (Å²) in [7, 11) is 0. The molecular weight excluding hydrogens is 370 g/mol. The van der Waals surface area contributed by atoms with Crippen LogP contribution in [0.4, 0.5) is 11.4 Å². The van der Waals surface area contributed by atoms with Gasteiger partial charge in [-0.15, -0.1) is 0 Å². The van der Waals surface area contributed by atoms with E-state index in [1.807, 2.05) is 11.0 Å². The highest BCUT2D eigenvalue weighted by Gasteiger charge is 2.31. The number of fused-ring (bicyclic) bond motifs is 2. The third-order valence-electron chi connectivity index (χ3n) is 6.69. The van der Waals surface area contributed by atoms with Gasteiger partial charge in [-0.05, 0) is 60.7 Å². The summed E-state index contributed by atoms with van der Waals surface area (Å²) in [6.07, 6.45) is 5.00. The minimum Gasteiger partial charge on any atom is -0.371 e. The van der Waals surface area contributed by atoms with Crippen LogP contribution in [0, 0.1) is 5.92 Å². The number of amides is 1. The van der Waals surface area contributed by atoms with Crippen molar-refractivity contribution in [2.75, 3.05) is 22.9 Å². The predicted molar refractivity (Wildman–Crippen MR) is 122 cm³/mol. The van der Waals surface area contributed by atoms with Gasteiger partial charge in [-0.3, -0.25) is 4.79 Å². The van der Waals surface area contributed by atoms with E-state index in [4.69, 9.17) is 0 Å². The molecule has 0 N–H and O–H groups in total. The Labute approximate surface area is 178 Å². The Balaban J connectivity index is 1.32. The van der Waals surface area contributed by atoms with E-state index in [0.717, 1.165) is 44.6 Å². The molecule has 1 saturated heterocycles. The lowest BCUT2D eigenvalue weighted by Gasteiger charge is -2.35. The summed E-state index contributed by atoms with van der Waals surface area (Å²) in [6, 6.07) is 21.5. The van der Waals surface area contributed by atoms with Crippen molar-refractivity contribution in [2.45, 2.75) is 39.3 Å². The molecule has 0 unspecified atom stereocenters. The molecule has 5 rings (SSSR count). The Morgan fingerprint density at radius 1 is 0.933 bits per heavy atom. The lowest BCUT2D eigenvalue weighted by atomic mass is 9.94. The van der Waals surface area contributed by atoms with E-state index in [9.17, 15) is 4.79 Å². The zero-order valence-corrected chi connectivity index (χ0v) is 17.6. The molecule has 3 heterocycles. The minimum atomic E-state index is 0.0886. The quantitative estimate of drug-likeness (QED) is 0.629. The van der Waals surface area contributed by atoms with Crippen molar-refractivity contribution in [1.82, 2.24) is 4.57 Å². The fourth-order valence-electron chi connectivity index (χ4n) is 4.83. The average molecular weight is 400 g/mol. The number of aromatic nitrogens is 1. The van der Waals surface area contributed by atoms with Gasteiger partial charge in [0.15, 0.2) is 0 Å². The fourth-order valence-corrected chi connectivity index (χ4v) is 4.83. The first-order valence-corrected chi connectivity index (χ1v) is 11.1. The van der Waals surface area contributed by atoms with E-state index >= 15 is 0 Å². The van der Waals surface area contributed by atoms with E-state index in [0.29, 0.717) is 6.54 Å². The number of para-hydroxylation sites is 1. The zero-order chi connectivity index (χ0) is 20.5. The number of nitrogens with zero attached hydrogens (tertiary/aromatic N) is 3. The summed E-state index contributed by atoms with van der Waals surface area (Å²) in [5, 5.41) is 0. The third kappa shape index (κ3) is 3.51. The molecule has 0 atom stereocenters. The maximum atomic E-state index is 13.6. The highest BCUT2D eigenvalue weighted by molar-refractivity contribution is 5.96. The lowest BCUT2D eigenvalue weighted by molar-refractivity contribution is -0.123. The Morgan fingerprint density at radius 3 is 2.47 bits per heavy atom. The van der Waals surface area contributed by atoms with Gasteiger partial charge in [-0.2, -0.15) is 0 Å². The molecule has 0 bridgehead atoms. The first-order chi connectivity index (χ1) is 14.7. The molecule has 2 aliphatic heterocycles. The molecular formula is C26H29N3O. The summed E-state index contributed by atoms with van der Waals surface area (Å²) in [5.74, 6) is 0.365. The van der Waals surface area contributed by atoms with E-state index in [1.54, 1.807) is 0 Å². The third-order valence-corrected chi connectivity index (χ3v) is 6.69. The van der Waals surface area contributed by atoms with Crippen LogP contribution in [0.5, 0.6) is 0 Å². The van der Waals surface area contributed by atoms with Gasteiger partial charge in [0.2, 0.25) is 5.91 Å². The van der Waals surface area contributed by atoms with Crippen LogP contribution in [0.25, 0.3) is 0 Å². The fraction of sp³-hybridized carbons (Fsp3) is 0.346. The number of anilines is 2. The van der Waals surface area contributed by atoms with Gasteiger partial charge >= 0.3 is 0 Å². The van der Waals surface area contributed by atoms with Crippen LogP contribution in [0.3, 0.4) is 0 Å². The second-order valence-electron chi connectivity index (χ2n) is 8.46. The van der Waals surface area contributed by atoms with Crippen LogP contribution >= 0.6 is 0 Å². The van der Waals surface area contributed by atoms with E-state index in [1.165, 1.54) is 22.5 Å². The van der Waals surface area contributed by atoms with Gasteiger partial charge in [-0.25, -0.2) is 0 Å². The molecule has 2 aromatic carbocycles. The lowest BCUT2D eigenvalue weighted by Crippen LogP contribution is -2.42. The molecule has 0 spiro atoms. The molecule has 1 fully saturated rings. The first kappa shape index (κ1) is 19.0. The zero-order valence-electron chi connectivity index (χ0n) is 17.6. The first-order valence-electron chi connectivity index (χ1n) is 11.1. The van der Waals surface area contributed by atoms with Gasteiger partial charge in [0.05, 0.1) is 6.54 Å². The summed E-state index contributed by atoms with van der Waals surface area (Å²) < 4.78 is 2.26. The molecule has 30 heavy (non-hydrogen) atoms. The van der Waals surface area contributed by atoms with Crippen LogP contribution in [-0.2, 0) is 24.3 Å². The van der Waals surface area contributed by atoms with E-state index < -0.39 is 0 Å². The molecule has 4 nitrogen and oxygen atoms in total. The van der Waals surface area contributed by atoms with E-state index in [-0.39, 0.29) is 11.8 Å². The Kier molecular flexibility index (Phi) is 5.07. The summed E-state index contributed by atoms with van der Waals surface area (Å²) in [6.45, 7) is 5.54. The van der Waals surface area contributed by atoms with Crippen molar-refractivity contribution in [3.05, 3.63) is 83.7 Å². The molecule has 1 aromatic heterocycles. The van der Waals surface area contributed by atoms with Crippen molar-refractivity contribution in [3.8, 4) is 0 Å². The van der Waals surface area contributed by atoms with Gasteiger partial charge in [0, 0.05) is 48.8 Å². The monoisotopic (exact) mass is 399 g/mol. The standard InChI is InChI=1S/C26H29N3O/c1-2-20-9-11-23(12-10-20)27-16-13-21(14-17-27)26(30)29-19-24-7-5-15-28(24)18-22-6-3-4-8-25(22)29/h3-12,15,21H,2,13-14,16-19H2,1H3. The molecule has 3 aromatic rings. The molecule has 1 amide bonds. The Morgan fingerprint density at radius 2 is 1.70 bits per heavy atom. The van der Waals surface area contributed by atoms with E-state index in [2.05, 4.69) is 77.2 Å². The van der Waals surface area contributed by atoms with Crippen molar-refractivity contribution < 1.29 is 4.79 Å². The second-order valence-corrected chi connectivity index (χ2v) is 8.46. The van der Waals surface area contributed by atoms with Crippen LogP contribution in [0.1, 0.15) is 36.6 Å². The summed E-state index contributed by atoms with van der Waals surface area (Å²) in [4.78, 5) is 18.1. The van der Waals surface area contributed by atoms with Crippen LogP contribution < -0.4 is 9.80 Å². The van der Waals surface area contributed by atoms with Gasteiger partial charge in [0.1, 0.15) is 0 Å². The highest BCUT2D eigenvalue weighted by Crippen LogP contribution is 2.32. The number of carbonyl (C=O) groups excluding carboxylic acids is 1. The Hall–Kier alpha value is -3.01. The summed E-state index contributed by atoms with van der Waals surface area (Å²) >= 11 is 0. The number of piperidine rings is 1. The normalized spacial score (nSPS) is 16.7. The molecule has 2 aliphatic rings. The number of benzene rings is 2. The second kappa shape index (κ2) is 8.02. The van der Waals surface area contributed by atoms with Crippen LogP contribution in [0.2, 0.25) is 0 Å². The van der Waals surface area contributed by atoms with Crippen molar-refractivity contribution in [3.63, 3.8) is 0 Å². The minimum absolute atomic E-state index is 0.0886. The van der Waals surface area contributed by atoms with Crippen LogP contribution in [0.15, 0.2) is 66.9 Å². The number of hydrogen-bond acceptors (Lipinski definition) is 2. The topological polar surface area (TPSA) is 28.5 Å². The summed E-state index contributed by atoms with van der Waals surface area (Å²) in [5.41, 5.74) is 6.13. The number of hydrogen-bond donors (Lipinski definition) is 0.